The van der Waals surface area contributed by atoms with Crippen LogP contribution in [0.1, 0.15) is 233 Å². The molecule has 0 bridgehead atoms. The van der Waals surface area contributed by atoms with Crippen LogP contribution < -0.4 is 0 Å². The predicted molar refractivity (Wildman–Crippen MR) is 393 cm³/mol. The number of hydrogen-bond acceptors (Lipinski definition) is 17. The summed E-state index contributed by atoms with van der Waals surface area (Å²) in [6, 6.07) is 0. The van der Waals surface area contributed by atoms with Crippen LogP contribution in [0.15, 0.2) is 11.6 Å². The van der Waals surface area contributed by atoms with Crippen LogP contribution in [0.5, 0.6) is 0 Å². The molecule has 11 N–H and O–H groups in total. The van der Waals surface area contributed by atoms with Gasteiger partial charge in [0, 0.05) is 57.9 Å². The summed E-state index contributed by atoms with van der Waals surface area (Å²) in [4.78, 5) is 29.2. The van der Waals surface area contributed by atoms with Gasteiger partial charge in [-0.3, -0.25) is 9.59 Å². The van der Waals surface area contributed by atoms with Crippen molar-refractivity contribution in [2.24, 2.45) is 96.6 Å². The third-order valence-electron chi connectivity index (χ3n) is 29.0. The van der Waals surface area contributed by atoms with Crippen molar-refractivity contribution in [1.82, 2.24) is 0 Å². The molecule has 2 heterocycles. The van der Waals surface area contributed by atoms with Gasteiger partial charge in [-0.15, -0.1) is 0 Å². The van der Waals surface area contributed by atoms with Gasteiger partial charge in [0.25, 0.3) is 0 Å². The summed E-state index contributed by atoms with van der Waals surface area (Å²) < 4.78 is 25.2. The first-order valence-electron chi connectivity index (χ1n) is 35.4. The zero-order chi connectivity index (χ0) is 71.2. The summed E-state index contributed by atoms with van der Waals surface area (Å²) in [6.07, 6.45) is 4.12. The second-order valence-corrected chi connectivity index (χ2v) is 34.7. The van der Waals surface area contributed by atoms with E-state index < -0.39 is 85.8 Å². The van der Waals surface area contributed by atoms with Crippen LogP contribution in [0, 0.1) is 104 Å². The van der Waals surface area contributed by atoms with Crippen molar-refractivity contribution in [3.8, 4) is 0 Å². The molecule has 28 atom stereocenters. The fraction of sp³-hybridized carbons (Fsp3) is 0.932. The molecular weight excluding hydrogens is 1540 g/mol. The quantitative estimate of drug-likeness (QED) is 0.0315. The van der Waals surface area contributed by atoms with Gasteiger partial charge < -0.3 is 105 Å². The Kier molecular flexibility index (Phi) is 31.7. The number of ether oxygens (including phenoxy) is 4. The number of aliphatic hydroxyl groups is 11. The number of allylic oxidation sites excluding steroid dienone is 2. The monoisotopic (exact) mass is 1670 g/mol. The average Bonchev–Trinajstić information content (AvgIpc) is 1.26. The molecule has 562 valence electrons. The van der Waals surface area contributed by atoms with Crippen molar-refractivity contribution in [2.45, 2.75) is 318 Å². The molecule has 0 amide bonds. The van der Waals surface area contributed by atoms with E-state index in [0.717, 1.165) is 109 Å². The summed E-state index contributed by atoms with van der Waals surface area (Å²) in [6.45, 7) is 34.8. The molecule has 10 fully saturated rings. The Morgan fingerprint density at radius 2 is 0.906 bits per heavy atom. The van der Waals surface area contributed by atoms with E-state index in [4.69, 9.17) is 24.1 Å². The first kappa shape index (κ1) is 89.1. The maximum atomic E-state index is 14.6. The maximum absolute atomic E-state index is 14.6. The third kappa shape index (κ3) is 15.6. The van der Waals surface area contributed by atoms with Crippen LogP contribution in [0.2, 0.25) is 0 Å². The average molecular weight is 1680 g/mol. The Bertz CT molecular complexity index is 2550. The molecule has 10 aliphatic rings. The topological polar surface area (TPSA) is 294 Å². The van der Waals surface area contributed by atoms with Gasteiger partial charge in [0.15, 0.2) is 18.3 Å². The Balaban J connectivity index is 0.000000372. The molecule has 96 heavy (non-hydrogen) atoms. The van der Waals surface area contributed by atoms with Crippen LogP contribution in [0.25, 0.3) is 0 Å². The van der Waals surface area contributed by atoms with Crippen LogP contribution >= 0.6 is 44.7 Å². The van der Waals surface area contributed by atoms with Gasteiger partial charge in [-0.2, -0.15) is 22.4 Å². The summed E-state index contributed by atoms with van der Waals surface area (Å²) in [7, 11) is 1.00. The Hall–Kier alpha value is 0.732. The molecule has 8 saturated carbocycles. The number of aliphatic hydroxyl groups excluding tert-OH is 11. The van der Waals surface area contributed by atoms with Crippen molar-refractivity contribution < 1.29 is 105 Å². The van der Waals surface area contributed by atoms with Crippen LogP contribution in [0.4, 0.5) is 0 Å². The fourth-order valence-electron chi connectivity index (χ4n) is 23.3. The van der Waals surface area contributed by atoms with E-state index >= 15 is 0 Å². The second-order valence-electron chi connectivity index (χ2n) is 34.7. The minimum atomic E-state index is -1.52. The number of fused-ring (bicyclic) bond motifs is 10. The summed E-state index contributed by atoms with van der Waals surface area (Å²) in [5, 5.41) is 112. The molecule has 2 radical (unpaired) electrons. The SMILES string of the molecule is CC(C)=CCC[C@](C)(O[C@@H]1OC(CO)[C@@H](O)[C@H](O)C1O)C1CC[C@]2(C)C1C(=O)CC1[C@@]3(C)CC[C@H](O)C(C)(C)C3CC[C@]12C.CC(C)CCC[C@](C)(O[C@@H]1OC(CO)[C@@H](O)[C@H](O)C1O)C1CC[C@]2(C)C1C(=O)CC1[C@@]3(C)CC[C@H](O)C(C)(C)C3CC[C@]12C.CO.[BH3-]I.[B]I.[CH3-].[Pd]. The van der Waals surface area contributed by atoms with E-state index in [2.05, 4.69) is 138 Å². The molecule has 2 saturated heterocycles. The zero-order valence-corrected chi connectivity index (χ0v) is 66.9. The van der Waals surface area contributed by atoms with Gasteiger partial charge in [0.05, 0.1) is 36.6 Å². The van der Waals surface area contributed by atoms with Crippen molar-refractivity contribution >= 4 is 67.7 Å². The van der Waals surface area contributed by atoms with Gasteiger partial charge in [0.1, 0.15) is 60.4 Å². The molecule has 17 nitrogen and oxygen atoms in total. The maximum Gasteiger partial charge on any atom is 0.187 e. The number of rotatable bonds is 15. The number of halogens is 2. The zero-order valence-electron chi connectivity index (χ0n) is 61.1. The molecule has 0 aromatic rings. The number of Topliss-reactive ketones (excluding diaryl/α,β-unsaturated/α-hetero) is 2. The van der Waals surface area contributed by atoms with Gasteiger partial charge in [-0.25, -0.2) is 0 Å². The van der Waals surface area contributed by atoms with Crippen molar-refractivity contribution in [3.63, 3.8) is 0 Å². The van der Waals surface area contributed by atoms with E-state index in [0.29, 0.717) is 55.0 Å². The Morgan fingerprint density at radius 1 is 0.562 bits per heavy atom. The van der Waals surface area contributed by atoms with E-state index in [1.165, 1.54) is 5.57 Å². The van der Waals surface area contributed by atoms with Crippen LogP contribution in [-0.2, 0) is 49.0 Å². The standard InChI is InChI=1S/C36H62O8.C36H60O8.CH4O.CH3.BH3I.BI.Pd/c2*1-20(2)10-9-14-36(8,44-31-30(42)29(41)28(40)23(19-37)43-31)21-11-16-35(7)27(21)22(38)18-25-33(5)15-13-26(39)32(3,4)24(33)12-17-34(25,35)6;1-2;;2*1-2;/h20-21,23-31,37,39-42H,9-19H2,1-8H3;10,21,23-31,37,39-42H,9,11-19H2,1-8H3;2H,1H3;1H3;1H3;;/q;;;2*-1;;/t2*21?,23?,24?,25?,26-,27?,28+,29-,30?,31-,33-,34+,35+,36-;;;;;/m00...../s1. The third-order valence-corrected chi connectivity index (χ3v) is 29.0. The van der Waals surface area contributed by atoms with Crippen molar-refractivity contribution in [3.05, 3.63) is 19.1 Å². The second kappa shape index (κ2) is 34.1. The first-order chi connectivity index (χ1) is 43.7. The summed E-state index contributed by atoms with van der Waals surface area (Å²) in [5.41, 5.74) is 3.77. The molecule has 0 spiro atoms. The smallest absolute Gasteiger partial charge is 0.187 e. The number of carbonyl (C=O) groups excluding carboxylic acids is 2. The largest absolute Gasteiger partial charge is 0.400 e. The van der Waals surface area contributed by atoms with E-state index in [-0.39, 0.29) is 119 Å². The first-order valence-corrected chi connectivity index (χ1v) is 36.7. The van der Waals surface area contributed by atoms with Crippen LogP contribution in [0.3, 0.4) is 0 Å². The van der Waals surface area contributed by atoms with Gasteiger partial charge in [-0.05, 0) is 209 Å². The van der Waals surface area contributed by atoms with Crippen LogP contribution in [-0.4, -0.2) is 184 Å². The molecule has 22 heteroatoms. The summed E-state index contributed by atoms with van der Waals surface area (Å²) >= 11 is 4.05. The van der Waals surface area contributed by atoms with Crippen molar-refractivity contribution in [2.75, 3.05) is 20.3 Å². The van der Waals surface area contributed by atoms with E-state index in [1.54, 1.807) is 22.4 Å². The molecule has 12 unspecified atom stereocenters. The Labute approximate surface area is 621 Å². The van der Waals surface area contributed by atoms with E-state index in [1.807, 2.05) is 6.92 Å². The van der Waals surface area contributed by atoms with Gasteiger partial charge in [-0.1, -0.05) is 108 Å². The minimum absolute atomic E-state index is 0. The summed E-state index contributed by atoms with van der Waals surface area (Å²) in [5.74, 6) is 1.74. The normalized spacial score (nSPS) is 46.0. The molecule has 2 aliphatic heterocycles. The molecule has 0 aromatic carbocycles. The number of ketones is 2. The molecule has 0 aromatic heterocycles. The fourth-order valence-corrected chi connectivity index (χ4v) is 23.3. The molecule has 8 aliphatic carbocycles. The van der Waals surface area contributed by atoms with Crippen molar-refractivity contribution in [1.29, 1.82) is 0 Å². The minimum Gasteiger partial charge on any atom is -0.400 e. The number of hydrogen-bond donors (Lipinski definition) is 11. The van der Waals surface area contributed by atoms with Gasteiger partial charge in [0.2, 0.25) is 0 Å². The van der Waals surface area contributed by atoms with Gasteiger partial charge >= 0.3 is 0 Å². The molecular formula is C74H132B2I2O17Pd-2. The van der Waals surface area contributed by atoms with E-state index in [9.17, 15) is 60.7 Å². The molecule has 10 rings (SSSR count). The number of carbonyl (C=O) groups is 2. The Morgan fingerprint density at radius 3 is 1.24 bits per heavy atom. The predicted octanol–water partition coefficient (Wildman–Crippen LogP) is 9.41.